The monoisotopic (exact) mass is 278 g/mol. The van der Waals surface area contributed by atoms with Crippen molar-refractivity contribution in [2.45, 2.75) is 6.42 Å². The average molecular weight is 279 g/mol. The first-order chi connectivity index (χ1) is 9.16. The molecular formula is C13H11ClN2O3. The summed E-state index contributed by atoms with van der Waals surface area (Å²) in [6.45, 7) is 0.304. The zero-order chi connectivity index (χ0) is 13.7. The van der Waals surface area contributed by atoms with Gasteiger partial charge in [0.05, 0.1) is 11.5 Å². The minimum absolute atomic E-state index is 0.0922. The maximum Gasteiger partial charge on any atom is 0.311 e. The molecule has 1 aromatic carbocycles. The van der Waals surface area contributed by atoms with E-state index < -0.39 is 4.92 Å². The van der Waals surface area contributed by atoms with Crippen LogP contribution in [0.25, 0.3) is 0 Å². The van der Waals surface area contributed by atoms with Gasteiger partial charge in [-0.2, -0.15) is 0 Å². The number of pyridine rings is 1. The Morgan fingerprint density at radius 2 is 2.16 bits per heavy atom. The minimum atomic E-state index is -0.494. The Bertz CT molecular complexity index is 575. The van der Waals surface area contributed by atoms with Crippen molar-refractivity contribution in [3.05, 3.63) is 63.4 Å². The van der Waals surface area contributed by atoms with Crippen LogP contribution in [0.3, 0.4) is 0 Å². The molecule has 2 aromatic rings. The van der Waals surface area contributed by atoms with Crippen molar-refractivity contribution in [2.75, 3.05) is 6.61 Å². The quantitative estimate of drug-likeness (QED) is 0.622. The van der Waals surface area contributed by atoms with Gasteiger partial charge < -0.3 is 4.74 Å². The number of nitro benzene ring substituents is 1. The van der Waals surface area contributed by atoms with Gasteiger partial charge in [-0.1, -0.05) is 17.7 Å². The van der Waals surface area contributed by atoms with Crippen molar-refractivity contribution in [2.24, 2.45) is 0 Å². The molecule has 5 nitrogen and oxygen atoms in total. The van der Waals surface area contributed by atoms with Gasteiger partial charge in [-0.15, -0.1) is 0 Å². The molecule has 6 heteroatoms. The summed E-state index contributed by atoms with van der Waals surface area (Å²) >= 11 is 5.80. The van der Waals surface area contributed by atoms with Gasteiger partial charge in [-0.3, -0.25) is 15.1 Å². The molecule has 0 aliphatic carbocycles. The number of benzene rings is 1. The van der Waals surface area contributed by atoms with Crippen molar-refractivity contribution in [3.8, 4) is 5.75 Å². The second kappa shape index (κ2) is 6.15. The number of nitro groups is 1. The summed E-state index contributed by atoms with van der Waals surface area (Å²) in [5.74, 6) is 0.174. The van der Waals surface area contributed by atoms with Gasteiger partial charge in [0.25, 0.3) is 0 Å². The van der Waals surface area contributed by atoms with Crippen LogP contribution < -0.4 is 4.74 Å². The predicted molar refractivity (Wildman–Crippen MR) is 71.5 cm³/mol. The Labute approximate surface area is 115 Å². The summed E-state index contributed by atoms with van der Waals surface area (Å²) in [5, 5.41) is 11.2. The molecule has 19 heavy (non-hydrogen) atoms. The average Bonchev–Trinajstić information content (AvgIpc) is 2.39. The fourth-order valence-corrected chi connectivity index (χ4v) is 1.73. The summed E-state index contributed by atoms with van der Waals surface area (Å²) in [5.41, 5.74) is 0.776. The summed E-state index contributed by atoms with van der Waals surface area (Å²) in [6, 6.07) is 9.81. The Morgan fingerprint density at radius 3 is 2.84 bits per heavy atom. The Kier molecular flexibility index (Phi) is 4.30. The van der Waals surface area contributed by atoms with Gasteiger partial charge in [0.15, 0.2) is 5.75 Å². The molecular weight excluding hydrogens is 268 g/mol. The molecule has 0 bridgehead atoms. The third-order valence-corrected chi connectivity index (χ3v) is 2.70. The lowest BCUT2D eigenvalue weighted by Crippen LogP contribution is -2.04. The van der Waals surface area contributed by atoms with E-state index >= 15 is 0 Å². The number of hydrogen-bond acceptors (Lipinski definition) is 4. The van der Waals surface area contributed by atoms with E-state index in [4.69, 9.17) is 16.3 Å². The molecule has 1 aromatic heterocycles. The lowest BCUT2D eigenvalue weighted by Gasteiger charge is -2.06. The molecule has 0 aliphatic rings. The maximum absolute atomic E-state index is 10.8. The second-order valence-corrected chi connectivity index (χ2v) is 4.23. The topological polar surface area (TPSA) is 65.3 Å². The molecule has 1 heterocycles. The second-order valence-electron chi connectivity index (χ2n) is 3.79. The summed E-state index contributed by atoms with van der Waals surface area (Å²) in [4.78, 5) is 14.5. The van der Waals surface area contributed by atoms with Crippen LogP contribution in [0.5, 0.6) is 5.75 Å². The van der Waals surface area contributed by atoms with Crippen molar-refractivity contribution in [1.29, 1.82) is 0 Å². The highest BCUT2D eigenvalue weighted by Gasteiger charge is 2.15. The van der Waals surface area contributed by atoms with E-state index in [1.807, 2.05) is 18.2 Å². The van der Waals surface area contributed by atoms with E-state index in [2.05, 4.69) is 4.98 Å². The van der Waals surface area contributed by atoms with Crippen LogP contribution in [0.4, 0.5) is 5.69 Å². The van der Waals surface area contributed by atoms with Crippen LogP contribution in [-0.4, -0.2) is 16.5 Å². The zero-order valence-corrected chi connectivity index (χ0v) is 10.7. The van der Waals surface area contributed by atoms with E-state index in [-0.39, 0.29) is 11.4 Å². The molecule has 0 radical (unpaired) electrons. The standard InChI is InChI=1S/C13H11ClN2O3/c14-10-4-5-12(16(17)18)13(9-10)19-8-6-11-3-1-2-7-15-11/h1-5,7,9H,6,8H2. The molecule has 98 valence electrons. The third-order valence-electron chi connectivity index (χ3n) is 2.46. The highest BCUT2D eigenvalue weighted by Crippen LogP contribution is 2.29. The van der Waals surface area contributed by atoms with Gasteiger partial charge >= 0.3 is 5.69 Å². The smallest absolute Gasteiger partial charge is 0.311 e. The van der Waals surface area contributed by atoms with Crippen LogP contribution in [0.2, 0.25) is 5.02 Å². The highest BCUT2D eigenvalue weighted by molar-refractivity contribution is 6.30. The fraction of sp³-hybridized carbons (Fsp3) is 0.154. The molecule has 0 saturated heterocycles. The molecule has 0 saturated carbocycles. The molecule has 0 N–H and O–H groups in total. The van der Waals surface area contributed by atoms with E-state index in [0.717, 1.165) is 5.69 Å². The van der Waals surface area contributed by atoms with E-state index in [1.54, 1.807) is 6.20 Å². The number of hydrogen-bond donors (Lipinski definition) is 0. The van der Waals surface area contributed by atoms with Gasteiger partial charge in [-0.05, 0) is 18.2 Å². The fourth-order valence-electron chi connectivity index (χ4n) is 1.57. The van der Waals surface area contributed by atoms with Crippen LogP contribution in [0.1, 0.15) is 5.69 Å². The first kappa shape index (κ1) is 13.3. The van der Waals surface area contributed by atoms with E-state index in [9.17, 15) is 10.1 Å². The number of aromatic nitrogens is 1. The van der Waals surface area contributed by atoms with Crippen LogP contribution >= 0.6 is 11.6 Å². The van der Waals surface area contributed by atoms with Crippen LogP contribution in [0.15, 0.2) is 42.6 Å². The van der Waals surface area contributed by atoms with Gasteiger partial charge in [0, 0.05) is 35.5 Å². The first-order valence-corrected chi connectivity index (χ1v) is 6.01. The van der Waals surface area contributed by atoms with Crippen molar-refractivity contribution in [3.63, 3.8) is 0 Å². The lowest BCUT2D eigenvalue weighted by molar-refractivity contribution is -0.385. The largest absolute Gasteiger partial charge is 0.486 e. The minimum Gasteiger partial charge on any atom is -0.486 e. The number of ether oxygens (including phenoxy) is 1. The van der Waals surface area contributed by atoms with Gasteiger partial charge in [0.1, 0.15) is 0 Å². The molecule has 0 aliphatic heterocycles. The van der Waals surface area contributed by atoms with Crippen molar-refractivity contribution in [1.82, 2.24) is 4.98 Å². The first-order valence-electron chi connectivity index (χ1n) is 5.63. The zero-order valence-electron chi connectivity index (χ0n) is 9.95. The molecule has 0 unspecified atom stereocenters. The highest BCUT2D eigenvalue weighted by atomic mass is 35.5. The van der Waals surface area contributed by atoms with Crippen LogP contribution in [-0.2, 0) is 6.42 Å². The molecule has 0 atom stereocenters. The SMILES string of the molecule is O=[N+]([O-])c1ccc(Cl)cc1OCCc1ccccn1. The van der Waals surface area contributed by atoms with Gasteiger partial charge in [-0.25, -0.2) is 0 Å². The van der Waals surface area contributed by atoms with Crippen LogP contribution in [0, 0.1) is 10.1 Å². The lowest BCUT2D eigenvalue weighted by atomic mass is 10.3. The Balaban J connectivity index is 2.03. The molecule has 0 amide bonds. The number of nitrogens with zero attached hydrogens (tertiary/aromatic N) is 2. The van der Waals surface area contributed by atoms with Gasteiger partial charge in [0.2, 0.25) is 0 Å². The number of rotatable bonds is 5. The van der Waals surface area contributed by atoms with E-state index in [1.165, 1.54) is 18.2 Å². The molecule has 0 spiro atoms. The summed E-state index contributed by atoms with van der Waals surface area (Å²) in [7, 11) is 0. The molecule has 0 fully saturated rings. The predicted octanol–water partition coefficient (Wildman–Crippen LogP) is 3.26. The van der Waals surface area contributed by atoms with Crippen molar-refractivity contribution < 1.29 is 9.66 Å². The third kappa shape index (κ3) is 3.66. The van der Waals surface area contributed by atoms with E-state index in [0.29, 0.717) is 18.1 Å². The van der Waals surface area contributed by atoms with Crippen molar-refractivity contribution >= 4 is 17.3 Å². The summed E-state index contributed by atoms with van der Waals surface area (Å²) in [6.07, 6.45) is 2.27. The number of halogens is 1. The summed E-state index contributed by atoms with van der Waals surface area (Å²) < 4.78 is 5.42. The maximum atomic E-state index is 10.8. The normalized spacial score (nSPS) is 10.2. The molecule has 2 rings (SSSR count). The Morgan fingerprint density at radius 1 is 1.32 bits per heavy atom. The Hall–Kier alpha value is -2.14.